The number of halogens is 1. The molecule has 2 nitrogen and oxygen atoms in total. The lowest BCUT2D eigenvalue weighted by molar-refractivity contribution is 0.460. The van der Waals surface area contributed by atoms with Crippen LogP contribution >= 0.6 is 15.9 Å². The number of hydrogen-bond acceptors (Lipinski definition) is 2. The van der Waals surface area contributed by atoms with Crippen LogP contribution in [0.15, 0.2) is 4.47 Å². The molecule has 2 rings (SSSR count). The van der Waals surface area contributed by atoms with Crippen LogP contribution in [0.25, 0.3) is 0 Å². The summed E-state index contributed by atoms with van der Waals surface area (Å²) in [5.74, 6) is 0.441. The van der Waals surface area contributed by atoms with Gasteiger partial charge < -0.3 is 10.8 Å². The first kappa shape index (κ1) is 12.9. The number of aromatic hydroxyl groups is 1. The molecule has 0 bridgehead atoms. The van der Waals surface area contributed by atoms with Crippen LogP contribution in [-0.4, -0.2) is 11.7 Å². The maximum absolute atomic E-state index is 10.3. The van der Waals surface area contributed by atoms with Crippen LogP contribution in [0.4, 0.5) is 0 Å². The summed E-state index contributed by atoms with van der Waals surface area (Å²) in [4.78, 5) is 0. The molecular formula is C14H20BrNO. The Morgan fingerprint density at radius 1 is 1.24 bits per heavy atom. The molecule has 1 aliphatic rings. The van der Waals surface area contributed by atoms with Crippen molar-refractivity contribution in [2.45, 2.75) is 45.4 Å². The van der Waals surface area contributed by atoms with Gasteiger partial charge in [-0.2, -0.15) is 0 Å². The first-order valence-corrected chi connectivity index (χ1v) is 7.17. The Morgan fingerprint density at radius 3 is 2.53 bits per heavy atom. The maximum atomic E-state index is 10.3. The third-order valence-corrected chi connectivity index (χ3v) is 4.62. The van der Waals surface area contributed by atoms with E-state index in [1.54, 1.807) is 0 Å². The molecule has 3 N–H and O–H groups in total. The third-order valence-electron chi connectivity index (χ3n) is 3.76. The van der Waals surface area contributed by atoms with Gasteiger partial charge in [0.2, 0.25) is 0 Å². The van der Waals surface area contributed by atoms with E-state index in [4.69, 9.17) is 5.73 Å². The van der Waals surface area contributed by atoms with Crippen molar-refractivity contribution in [3.8, 4) is 5.75 Å². The summed E-state index contributed by atoms with van der Waals surface area (Å²) in [7, 11) is 0. The van der Waals surface area contributed by atoms with E-state index in [0.717, 1.165) is 35.7 Å². The Labute approximate surface area is 111 Å². The van der Waals surface area contributed by atoms with Crippen LogP contribution in [0.3, 0.4) is 0 Å². The minimum Gasteiger partial charge on any atom is -0.506 e. The topological polar surface area (TPSA) is 46.2 Å². The second-order valence-electron chi connectivity index (χ2n) is 4.82. The fourth-order valence-corrected chi connectivity index (χ4v) is 3.46. The molecule has 0 spiro atoms. The summed E-state index contributed by atoms with van der Waals surface area (Å²) < 4.78 is 0.921. The molecule has 0 aliphatic heterocycles. The van der Waals surface area contributed by atoms with Crippen molar-refractivity contribution in [1.29, 1.82) is 0 Å². The van der Waals surface area contributed by atoms with Gasteiger partial charge in [0, 0.05) is 0 Å². The summed E-state index contributed by atoms with van der Waals surface area (Å²) in [6, 6.07) is 0. The van der Waals surface area contributed by atoms with E-state index in [2.05, 4.69) is 22.9 Å². The predicted octanol–water partition coefficient (Wildman–Crippen LogP) is 3.23. The van der Waals surface area contributed by atoms with E-state index in [-0.39, 0.29) is 0 Å². The Morgan fingerprint density at radius 2 is 1.88 bits per heavy atom. The molecule has 0 unspecified atom stereocenters. The van der Waals surface area contributed by atoms with Crippen molar-refractivity contribution in [3.05, 3.63) is 26.7 Å². The van der Waals surface area contributed by atoms with Gasteiger partial charge in [-0.3, -0.25) is 0 Å². The molecule has 17 heavy (non-hydrogen) atoms. The van der Waals surface area contributed by atoms with Crippen LogP contribution in [0.5, 0.6) is 5.75 Å². The number of rotatable bonds is 3. The van der Waals surface area contributed by atoms with Crippen LogP contribution in [0, 0.1) is 6.92 Å². The van der Waals surface area contributed by atoms with Gasteiger partial charge in [0.05, 0.1) is 4.47 Å². The fraction of sp³-hybridized carbons (Fsp3) is 0.571. The molecular weight excluding hydrogens is 278 g/mol. The molecule has 0 amide bonds. The van der Waals surface area contributed by atoms with E-state index in [1.807, 2.05) is 0 Å². The fourth-order valence-electron chi connectivity index (χ4n) is 2.78. The van der Waals surface area contributed by atoms with E-state index in [1.165, 1.54) is 29.5 Å². The van der Waals surface area contributed by atoms with E-state index >= 15 is 0 Å². The minimum absolute atomic E-state index is 0.441. The van der Waals surface area contributed by atoms with Crippen molar-refractivity contribution in [2.24, 2.45) is 5.73 Å². The Bertz CT molecular complexity index is 429. The highest BCUT2D eigenvalue weighted by Crippen LogP contribution is 2.40. The second-order valence-corrected chi connectivity index (χ2v) is 5.62. The van der Waals surface area contributed by atoms with Crippen molar-refractivity contribution in [2.75, 3.05) is 6.54 Å². The highest BCUT2D eigenvalue weighted by atomic mass is 79.9. The Balaban J connectivity index is 2.49. The number of fused-ring (bicyclic) bond motifs is 1. The zero-order valence-electron chi connectivity index (χ0n) is 10.4. The van der Waals surface area contributed by atoms with Crippen LogP contribution in [-0.2, 0) is 19.3 Å². The number of hydrogen-bond donors (Lipinski definition) is 2. The predicted molar refractivity (Wildman–Crippen MR) is 74.6 cm³/mol. The normalized spacial score (nSPS) is 14.8. The van der Waals surface area contributed by atoms with Gasteiger partial charge in [0.15, 0.2) is 0 Å². The first-order chi connectivity index (χ1) is 8.16. The van der Waals surface area contributed by atoms with Gasteiger partial charge in [-0.05, 0) is 90.2 Å². The summed E-state index contributed by atoms with van der Waals surface area (Å²) in [6.07, 6.45) is 6.53. The molecule has 0 atom stereocenters. The third kappa shape index (κ3) is 2.36. The Hall–Kier alpha value is -0.540. The van der Waals surface area contributed by atoms with Crippen LogP contribution < -0.4 is 5.73 Å². The molecule has 0 saturated heterocycles. The van der Waals surface area contributed by atoms with Crippen molar-refractivity contribution < 1.29 is 5.11 Å². The van der Waals surface area contributed by atoms with Crippen molar-refractivity contribution in [1.82, 2.24) is 0 Å². The number of phenolic OH excluding ortho intramolecular Hbond substituents is 1. The van der Waals surface area contributed by atoms with Gasteiger partial charge in [-0.1, -0.05) is 0 Å². The summed E-state index contributed by atoms with van der Waals surface area (Å²) >= 11 is 3.56. The van der Waals surface area contributed by atoms with Gasteiger partial charge in [0.25, 0.3) is 0 Å². The molecule has 3 heteroatoms. The van der Waals surface area contributed by atoms with Gasteiger partial charge in [-0.25, -0.2) is 0 Å². The van der Waals surface area contributed by atoms with E-state index < -0.39 is 0 Å². The van der Waals surface area contributed by atoms with E-state index in [9.17, 15) is 5.11 Å². The molecule has 0 saturated carbocycles. The monoisotopic (exact) mass is 297 g/mol. The molecule has 1 aromatic carbocycles. The lowest BCUT2D eigenvalue weighted by Crippen LogP contribution is -2.10. The maximum Gasteiger partial charge on any atom is 0.133 e. The molecule has 0 aromatic heterocycles. The van der Waals surface area contributed by atoms with Crippen molar-refractivity contribution in [3.63, 3.8) is 0 Å². The summed E-state index contributed by atoms with van der Waals surface area (Å²) in [6.45, 7) is 2.82. The summed E-state index contributed by atoms with van der Waals surface area (Å²) in [5.41, 5.74) is 10.7. The van der Waals surface area contributed by atoms with Crippen LogP contribution in [0.1, 0.15) is 41.5 Å². The highest BCUT2D eigenvalue weighted by Gasteiger charge is 2.21. The second kappa shape index (κ2) is 5.40. The molecule has 0 radical (unpaired) electrons. The number of phenols is 1. The number of benzene rings is 1. The zero-order valence-corrected chi connectivity index (χ0v) is 11.9. The molecule has 94 valence electrons. The lowest BCUT2D eigenvalue weighted by atomic mass is 9.85. The largest absolute Gasteiger partial charge is 0.506 e. The smallest absolute Gasteiger partial charge is 0.133 e. The van der Waals surface area contributed by atoms with Gasteiger partial charge in [0.1, 0.15) is 5.75 Å². The Kier molecular flexibility index (Phi) is 4.10. The van der Waals surface area contributed by atoms with Gasteiger partial charge in [-0.15, -0.1) is 0 Å². The first-order valence-electron chi connectivity index (χ1n) is 6.38. The lowest BCUT2D eigenvalue weighted by Gasteiger charge is -2.23. The molecule has 0 heterocycles. The standard InChI is InChI=1S/C14H20BrNO/c1-9-10-5-2-3-6-12(10)13(15)14(17)11(9)7-4-8-16/h17H,2-8,16H2,1H3. The summed E-state index contributed by atoms with van der Waals surface area (Å²) in [5, 5.41) is 10.3. The zero-order chi connectivity index (χ0) is 12.4. The quantitative estimate of drug-likeness (QED) is 0.900. The van der Waals surface area contributed by atoms with Crippen molar-refractivity contribution >= 4 is 15.9 Å². The average molecular weight is 298 g/mol. The average Bonchev–Trinajstić information content (AvgIpc) is 2.36. The minimum atomic E-state index is 0.441. The highest BCUT2D eigenvalue weighted by molar-refractivity contribution is 9.10. The molecule has 1 aliphatic carbocycles. The van der Waals surface area contributed by atoms with E-state index in [0.29, 0.717) is 12.3 Å². The number of nitrogens with two attached hydrogens (primary N) is 1. The van der Waals surface area contributed by atoms with Gasteiger partial charge >= 0.3 is 0 Å². The molecule has 0 fully saturated rings. The molecule has 1 aromatic rings. The van der Waals surface area contributed by atoms with Crippen LogP contribution in [0.2, 0.25) is 0 Å². The SMILES string of the molecule is Cc1c(CCCN)c(O)c(Br)c2c1CCCC2.